The Bertz CT molecular complexity index is 462. The molecule has 0 saturated heterocycles. The van der Waals surface area contributed by atoms with Crippen LogP contribution in [0.3, 0.4) is 0 Å². The summed E-state index contributed by atoms with van der Waals surface area (Å²) < 4.78 is 31.2. The number of methoxy groups -OCH3 is 1. The zero-order valence-electron chi connectivity index (χ0n) is 9.81. The van der Waals surface area contributed by atoms with Gasteiger partial charge in [0.1, 0.15) is 5.75 Å². The van der Waals surface area contributed by atoms with Crippen molar-refractivity contribution in [3.63, 3.8) is 0 Å². The highest BCUT2D eigenvalue weighted by Gasteiger charge is 2.16. The first kappa shape index (κ1) is 14.1. The molecule has 0 spiro atoms. The third kappa shape index (κ3) is 4.44. The van der Waals surface area contributed by atoms with Gasteiger partial charge in [-0.25, -0.2) is 8.42 Å². The Balaban J connectivity index is 2.83. The Kier molecular flexibility index (Phi) is 5.08. The van der Waals surface area contributed by atoms with Gasteiger partial charge in [0.05, 0.1) is 18.6 Å². The minimum atomic E-state index is -3.39. The van der Waals surface area contributed by atoms with Gasteiger partial charge >= 0.3 is 0 Å². The van der Waals surface area contributed by atoms with Crippen LogP contribution in [-0.2, 0) is 10.0 Å². The summed E-state index contributed by atoms with van der Waals surface area (Å²) in [6.45, 7) is 1.79. The predicted molar refractivity (Wildman–Crippen MR) is 70.3 cm³/mol. The van der Waals surface area contributed by atoms with Gasteiger partial charge in [-0.05, 0) is 18.1 Å². The molecule has 0 heterocycles. The highest BCUT2D eigenvalue weighted by molar-refractivity contribution is 7.92. The molecule has 1 aromatic carbocycles. The van der Waals surface area contributed by atoms with Crippen molar-refractivity contribution in [2.45, 2.75) is 6.92 Å². The summed E-state index contributed by atoms with van der Waals surface area (Å²) in [6.07, 6.45) is 0. The van der Waals surface area contributed by atoms with Crippen molar-refractivity contribution in [3.8, 4) is 5.75 Å². The lowest BCUT2D eigenvalue weighted by atomic mass is 10.3. The Morgan fingerprint density at radius 1 is 1.41 bits per heavy atom. The monoisotopic (exact) mass is 277 g/mol. The molecule has 96 valence electrons. The highest BCUT2D eigenvalue weighted by Crippen LogP contribution is 2.24. The third-order valence-corrected chi connectivity index (χ3v) is 4.21. The maximum atomic E-state index is 11.8. The molecule has 0 bridgehead atoms. The van der Waals surface area contributed by atoms with E-state index in [4.69, 9.17) is 16.3 Å². The molecule has 1 atom stereocenters. The molecule has 0 aromatic heterocycles. The molecule has 0 fully saturated rings. The number of para-hydroxylation sites is 2. The van der Waals surface area contributed by atoms with Crippen LogP contribution in [0.15, 0.2) is 24.3 Å². The van der Waals surface area contributed by atoms with Gasteiger partial charge in [-0.1, -0.05) is 19.1 Å². The molecule has 1 aromatic rings. The number of hydrogen-bond acceptors (Lipinski definition) is 3. The van der Waals surface area contributed by atoms with Crippen LogP contribution in [0, 0.1) is 5.92 Å². The van der Waals surface area contributed by atoms with Crippen molar-refractivity contribution in [1.29, 1.82) is 0 Å². The second-order valence-electron chi connectivity index (χ2n) is 3.84. The number of benzene rings is 1. The Hall–Kier alpha value is -0.940. The Morgan fingerprint density at radius 2 is 2.06 bits per heavy atom. The predicted octanol–water partition coefficient (Wildman–Crippen LogP) is 2.31. The fourth-order valence-electron chi connectivity index (χ4n) is 1.36. The molecular formula is C11H16ClNO3S. The highest BCUT2D eigenvalue weighted by atomic mass is 35.5. The normalized spacial score (nSPS) is 13.1. The summed E-state index contributed by atoms with van der Waals surface area (Å²) in [5.41, 5.74) is 0.441. The average Bonchev–Trinajstić information content (AvgIpc) is 2.28. The Morgan fingerprint density at radius 3 is 2.65 bits per heavy atom. The standard InChI is InChI=1S/C11H16ClNO3S/c1-9(7-12)8-17(14,15)13-10-5-3-4-6-11(10)16-2/h3-6,9,13H,7-8H2,1-2H3. The maximum Gasteiger partial charge on any atom is 0.233 e. The SMILES string of the molecule is COc1ccccc1NS(=O)(=O)CC(C)CCl. The second kappa shape index (κ2) is 6.12. The van der Waals surface area contributed by atoms with Gasteiger partial charge in [0.25, 0.3) is 0 Å². The smallest absolute Gasteiger partial charge is 0.233 e. The van der Waals surface area contributed by atoms with Crippen LogP contribution < -0.4 is 9.46 Å². The van der Waals surface area contributed by atoms with E-state index in [2.05, 4.69) is 4.72 Å². The lowest BCUT2D eigenvalue weighted by Crippen LogP contribution is -2.22. The third-order valence-electron chi connectivity index (χ3n) is 2.14. The number of nitrogens with one attached hydrogen (secondary N) is 1. The summed E-state index contributed by atoms with van der Waals surface area (Å²) in [5, 5.41) is 0. The average molecular weight is 278 g/mol. The summed E-state index contributed by atoms with van der Waals surface area (Å²) in [4.78, 5) is 0. The van der Waals surface area contributed by atoms with E-state index >= 15 is 0 Å². The molecule has 0 saturated carbocycles. The van der Waals surface area contributed by atoms with Gasteiger partial charge in [-0.15, -0.1) is 11.6 Å². The minimum Gasteiger partial charge on any atom is -0.495 e. The first-order chi connectivity index (χ1) is 7.98. The maximum absolute atomic E-state index is 11.8. The van der Waals surface area contributed by atoms with Gasteiger partial charge in [0.15, 0.2) is 0 Å². The van der Waals surface area contributed by atoms with E-state index in [-0.39, 0.29) is 11.7 Å². The fraction of sp³-hybridized carbons (Fsp3) is 0.455. The summed E-state index contributed by atoms with van der Waals surface area (Å²) in [7, 11) is -1.90. The molecule has 0 amide bonds. The van der Waals surface area contributed by atoms with E-state index in [9.17, 15) is 8.42 Å². The van der Waals surface area contributed by atoms with E-state index in [1.807, 2.05) is 0 Å². The minimum absolute atomic E-state index is 0.00541. The van der Waals surface area contributed by atoms with Crippen LogP contribution in [0.5, 0.6) is 5.75 Å². The van der Waals surface area contributed by atoms with Gasteiger partial charge in [-0.3, -0.25) is 4.72 Å². The number of alkyl halides is 1. The molecule has 0 aliphatic carbocycles. The first-order valence-electron chi connectivity index (χ1n) is 5.18. The number of hydrogen-bond donors (Lipinski definition) is 1. The molecule has 17 heavy (non-hydrogen) atoms. The first-order valence-corrected chi connectivity index (χ1v) is 7.36. The van der Waals surface area contributed by atoms with E-state index in [0.717, 1.165) is 0 Å². The number of halogens is 1. The number of rotatable bonds is 6. The summed E-state index contributed by atoms with van der Waals surface area (Å²) in [6, 6.07) is 6.87. The molecule has 4 nitrogen and oxygen atoms in total. The van der Waals surface area contributed by atoms with E-state index in [0.29, 0.717) is 17.3 Å². The van der Waals surface area contributed by atoms with Crippen molar-refractivity contribution >= 4 is 27.3 Å². The lowest BCUT2D eigenvalue weighted by molar-refractivity contribution is 0.417. The van der Waals surface area contributed by atoms with Gasteiger partial charge in [0.2, 0.25) is 10.0 Å². The molecule has 1 rings (SSSR count). The van der Waals surface area contributed by atoms with Crippen molar-refractivity contribution in [2.24, 2.45) is 5.92 Å². The molecule has 0 aliphatic rings. The molecular weight excluding hydrogens is 262 g/mol. The lowest BCUT2D eigenvalue weighted by Gasteiger charge is -2.13. The van der Waals surface area contributed by atoms with Crippen LogP contribution in [0.4, 0.5) is 5.69 Å². The van der Waals surface area contributed by atoms with E-state index < -0.39 is 10.0 Å². The number of sulfonamides is 1. The van der Waals surface area contributed by atoms with Gasteiger partial charge in [0, 0.05) is 5.88 Å². The Labute approximate surface area is 107 Å². The van der Waals surface area contributed by atoms with Crippen LogP contribution in [-0.4, -0.2) is 27.2 Å². The zero-order chi connectivity index (χ0) is 12.9. The van der Waals surface area contributed by atoms with Crippen LogP contribution in [0.1, 0.15) is 6.92 Å². The molecule has 0 radical (unpaired) electrons. The van der Waals surface area contributed by atoms with Crippen molar-refractivity contribution < 1.29 is 13.2 Å². The molecule has 1 unspecified atom stereocenters. The molecule has 6 heteroatoms. The van der Waals surface area contributed by atoms with Crippen molar-refractivity contribution in [1.82, 2.24) is 0 Å². The van der Waals surface area contributed by atoms with E-state index in [1.54, 1.807) is 31.2 Å². The zero-order valence-corrected chi connectivity index (χ0v) is 11.4. The second-order valence-corrected chi connectivity index (χ2v) is 5.92. The van der Waals surface area contributed by atoms with Crippen molar-refractivity contribution in [3.05, 3.63) is 24.3 Å². The van der Waals surface area contributed by atoms with Gasteiger partial charge in [-0.2, -0.15) is 0 Å². The topological polar surface area (TPSA) is 55.4 Å². The number of ether oxygens (including phenoxy) is 1. The van der Waals surface area contributed by atoms with Crippen LogP contribution in [0.25, 0.3) is 0 Å². The largest absolute Gasteiger partial charge is 0.495 e. The molecule has 1 N–H and O–H groups in total. The van der Waals surface area contributed by atoms with Crippen molar-refractivity contribution in [2.75, 3.05) is 23.5 Å². The van der Waals surface area contributed by atoms with Gasteiger partial charge < -0.3 is 4.74 Å². The summed E-state index contributed by atoms with van der Waals surface area (Å²) >= 11 is 5.60. The van der Waals surface area contributed by atoms with Crippen LogP contribution >= 0.6 is 11.6 Å². The number of anilines is 1. The molecule has 0 aliphatic heterocycles. The van der Waals surface area contributed by atoms with E-state index in [1.165, 1.54) is 7.11 Å². The quantitative estimate of drug-likeness (QED) is 0.812. The fourth-order valence-corrected chi connectivity index (χ4v) is 3.05. The van der Waals surface area contributed by atoms with Crippen LogP contribution in [0.2, 0.25) is 0 Å². The summed E-state index contributed by atoms with van der Waals surface area (Å²) in [5.74, 6) is 0.708.